The first-order chi connectivity index (χ1) is 9.27. The number of anilines is 2. The van der Waals surface area contributed by atoms with Gasteiger partial charge in [-0.1, -0.05) is 0 Å². The third-order valence-electron chi connectivity index (χ3n) is 2.82. The average molecular weight is 365 g/mol. The van der Waals surface area contributed by atoms with E-state index in [0.717, 1.165) is 15.4 Å². The Kier molecular flexibility index (Phi) is 4.29. The van der Waals surface area contributed by atoms with E-state index in [1.54, 1.807) is 29.4 Å². The highest BCUT2D eigenvalue weighted by atomic mass is 79.9. The second kappa shape index (κ2) is 5.65. The molecule has 0 amide bonds. The minimum atomic E-state index is -4.44. The average Bonchev–Trinajstić information content (AvgIpc) is 2.73. The van der Waals surface area contributed by atoms with E-state index in [4.69, 9.17) is 5.73 Å². The molecule has 0 radical (unpaired) electrons. The standard InChI is InChI=1S/C13H12BrF3N2S/c1-19(6-8-4-12(14)20-7-8)9-2-3-11(18)10(5-9)13(15,16)17/h2-5,7H,6,18H2,1H3. The SMILES string of the molecule is CN(Cc1csc(Br)c1)c1ccc(N)c(C(F)(F)F)c1. The molecule has 0 saturated heterocycles. The van der Waals surface area contributed by atoms with E-state index in [2.05, 4.69) is 15.9 Å². The van der Waals surface area contributed by atoms with Crippen molar-refractivity contribution >= 4 is 38.6 Å². The van der Waals surface area contributed by atoms with Crippen LogP contribution in [0.2, 0.25) is 0 Å². The van der Waals surface area contributed by atoms with Crippen molar-refractivity contribution in [3.63, 3.8) is 0 Å². The van der Waals surface area contributed by atoms with Gasteiger partial charge >= 0.3 is 6.18 Å². The molecule has 2 rings (SSSR count). The Bertz CT molecular complexity index is 610. The maximum absolute atomic E-state index is 12.8. The molecule has 0 atom stereocenters. The summed E-state index contributed by atoms with van der Waals surface area (Å²) in [5.74, 6) is 0. The van der Waals surface area contributed by atoms with Gasteiger partial charge in [-0.05, 0) is 51.1 Å². The third kappa shape index (κ3) is 3.46. The van der Waals surface area contributed by atoms with Crippen LogP contribution in [0.25, 0.3) is 0 Å². The molecular weight excluding hydrogens is 353 g/mol. The molecule has 0 aliphatic heterocycles. The molecule has 7 heteroatoms. The maximum Gasteiger partial charge on any atom is 0.418 e. The van der Waals surface area contributed by atoms with Gasteiger partial charge in [-0.15, -0.1) is 11.3 Å². The van der Waals surface area contributed by atoms with E-state index >= 15 is 0 Å². The van der Waals surface area contributed by atoms with Crippen molar-refractivity contribution in [1.29, 1.82) is 0 Å². The molecule has 20 heavy (non-hydrogen) atoms. The van der Waals surface area contributed by atoms with Crippen LogP contribution in [-0.4, -0.2) is 7.05 Å². The van der Waals surface area contributed by atoms with Crippen molar-refractivity contribution < 1.29 is 13.2 Å². The minimum absolute atomic E-state index is 0.257. The Balaban J connectivity index is 2.24. The van der Waals surface area contributed by atoms with Crippen LogP contribution in [0.15, 0.2) is 33.4 Å². The lowest BCUT2D eigenvalue weighted by atomic mass is 10.1. The fourth-order valence-corrected chi connectivity index (χ4v) is 3.02. The van der Waals surface area contributed by atoms with Gasteiger partial charge in [0.2, 0.25) is 0 Å². The molecule has 2 nitrogen and oxygen atoms in total. The van der Waals surface area contributed by atoms with Gasteiger partial charge in [0.25, 0.3) is 0 Å². The molecule has 1 heterocycles. The summed E-state index contributed by atoms with van der Waals surface area (Å²) in [4.78, 5) is 1.75. The molecule has 1 aromatic heterocycles. The summed E-state index contributed by atoms with van der Waals surface area (Å²) in [6, 6.07) is 5.91. The number of alkyl halides is 3. The molecule has 0 unspecified atom stereocenters. The summed E-state index contributed by atoms with van der Waals surface area (Å²) in [6.45, 7) is 0.531. The van der Waals surface area contributed by atoms with Crippen LogP contribution >= 0.6 is 27.3 Å². The number of nitrogens with two attached hydrogens (primary N) is 1. The van der Waals surface area contributed by atoms with E-state index < -0.39 is 11.7 Å². The first-order valence-electron chi connectivity index (χ1n) is 5.68. The second-order valence-corrected chi connectivity index (χ2v) is 6.67. The Morgan fingerprint density at radius 1 is 1.30 bits per heavy atom. The highest BCUT2D eigenvalue weighted by molar-refractivity contribution is 9.11. The van der Waals surface area contributed by atoms with Gasteiger partial charge in [-0.25, -0.2) is 0 Å². The van der Waals surface area contributed by atoms with Crippen molar-refractivity contribution in [1.82, 2.24) is 0 Å². The predicted octanol–water partition coefficient (Wildman–Crippen LogP) is 4.75. The van der Waals surface area contributed by atoms with E-state index in [0.29, 0.717) is 12.2 Å². The molecule has 1 aromatic carbocycles. The Hall–Kier alpha value is -1.21. The number of halogens is 4. The van der Waals surface area contributed by atoms with Gasteiger partial charge in [-0.3, -0.25) is 0 Å². The summed E-state index contributed by atoms with van der Waals surface area (Å²) < 4.78 is 39.5. The lowest BCUT2D eigenvalue weighted by molar-refractivity contribution is -0.136. The van der Waals surface area contributed by atoms with Gasteiger partial charge in [0.1, 0.15) is 0 Å². The summed E-state index contributed by atoms with van der Waals surface area (Å²) in [5, 5.41) is 1.96. The largest absolute Gasteiger partial charge is 0.418 e. The zero-order chi connectivity index (χ0) is 14.9. The molecule has 2 aromatic rings. The van der Waals surface area contributed by atoms with Crippen LogP contribution in [0.4, 0.5) is 24.5 Å². The number of nitrogens with zero attached hydrogens (tertiary/aromatic N) is 1. The summed E-state index contributed by atoms with van der Waals surface area (Å²) in [6.07, 6.45) is -4.44. The van der Waals surface area contributed by atoms with Crippen molar-refractivity contribution in [2.24, 2.45) is 0 Å². The Labute approximate surface area is 127 Å². The van der Waals surface area contributed by atoms with Crippen LogP contribution < -0.4 is 10.6 Å². The number of rotatable bonds is 3. The first-order valence-corrected chi connectivity index (χ1v) is 7.35. The highest BCUT2D eigenvalue weighted by Crippen LogP contribution is 2.36. The van der Waals surface area contributed by atoms with Gasteiger partial charge in [0.15, 0.2) is 0 Å². The van der Waals surface area contributed by atoms with Crippen molar-refractivity contribution in [3.05, 3.63) is 44.6 Å². The Morgan fingerprint density at radius 3 is 2.55 bits per heavy atom. The summed E-state index contributed by atoms with van der Waals surface area (Å²) >= 11 is 4.90. The minimum Gasteiger partial charge on any atom is -0.398 e. The quantitative estimate of drug-likeness (QED) is 0.796. The monoisotopic (exact) mass is 364 g/mol. The van der Waals surface area contributed by atoms with Crippen molar-refractivity contribution in [3.8, 4) is 0 Å². The zero-order valence-corrected chi connectivity index (χ0v) is 12.9. The van der Waals surface area contributed by atoms with E-state index in [-0.39, 0.29) is 5.69 Å². The zero-order valence-electron chi connectivity index (χ0n) is 10.5. The highest BCUT2D eigenvalue weighted by Gasteiger charge is 2.33. The summed E-state index contributed by atoms with van der Waals surface area (Å²) in [5.41, 5.74) is 5.85. The predicted molar refractivity (Wildman–Crippen MR) is 80.0 cm³/mol. The molecule has 0 aliphatic rings. The van der Waals surface area contributed by atoms with Crippen LogP contribution in [0, 0.1) is 0 Å². The van der Waals surface area contributed by atoms with Crippen molar-refractivity contribution in [2.45, 2.75) is 12.7 Å². The Morgan fingerprint density at radius 2 is 2.00 bits per heavy atom. The molecule has 0 spiro atoms. The van der Waals surface area contributed by atoms with Crippen LogP contribution in [0.1, 0.15) is 11.1 Å². The van der Waals surface area contributed by atoms with Crippen molar-refractivity contribution in [2.75, 3.05) is 17.7 Å². The fourth-order valence-electron chi connectivity index (χ4n) is 1.82. The normalized spacial score (nSPS) is 11.7. The number of hydrogen-bond donors (Lipinski definition) is 1. The van der Waals surface area contributed by atoms with Crippen LogP contribution in [-0.2, 0) is 12.7 Å². The number of nitrogen functional groups attached to an aromatic ring is 1. The molecular formula is C13H12BrF3N2S. The topological polar surface area (TPSA) is 29.3 Å². The number of thiophene rings is 1. The van der Waals surface area contributed by atoms with Gasteiger partial charge in [0, 0.05) is 25.0 Å². The molecule has 0 fully saturated rings. The number of hydrogen-bond acceptors (Lipinski definition) is 3. The van der Waals surface area contributed by atoms with E-state index in [9.17, 15) is 13.2 Å². The smallest absolute Gasteiger partial charge is 0.398 e. The molecule has 0 bridgehead atoms. The van der Waals surface area contributed by atoms with Crippen LogP contribution in [0.5, 0.6) is 0 Å². The third-order valence-corrected chi connectivity index (χ3v) is 4.38. The maximum atomic E-state index is 12.8. The van der Waals surface area contributed by atoms with Gasteiger partial charge < -0.3 is 10.6 Å². The molecule has 2 N–H and O–H groups in total. The second-order valence-electron chi connectivity index (χ2n) is 4.38. The fraction of sp³-hybridized carbons (Fsp3) is 0.231. The lowest BCUT2D eigenvalue weighted by Crippen LogP contribution is -2.17. The van der Waals surface area contributed by atoms with E-state index in [1.165, 1.54) is 6.07 Å². The molecule has 0 aliphatic carbocycles. The molecule has 108 valence electrons. The molecule has 0 saturated carbocycles. The summed E-state index contributed by atoms with van der Waals surface area (Å²) in [7, 11) is 1.75. The van der Waals surface area contributed by atoms with E-state index in [1.807, 2.05) is 11.4 Å². The van der Waals surface area contributed by atoms with Gasteiger partial charge in [-0.2, -0.15) is 13.2 Å². The lowest BCUT2D eigenvalue weighted by Gasteiger charge is -2.21. The number of benzene rings is 1. The van der Waals surface area contributed by atoms with Gasteiger partial charge in [0.05, 0.1) is 9.35 Å². The van der Waals surface area contributed by atoms with Crippen LogP contribution in [0.3, 0.4) is 0 Å². The first kappa shape index (κ1) is 15.2.